The van der Waals surface area contributed by atoms with Gasteiger partial charge in [-0.05, 0) is 67.6 Å². The molecule has 1 unspecified atom stereocenters. The number of benzene rings is 2. The number of carbonyl (C=O) groups is 1. The molecule has 0 radical (unpaired) electrons. The molecule has 1 atom stereocenters. The summed E-state index contributed by atoms with van der Waals surface area (Å²) in [5.74, 6) is 1.12. The van der Waals surface area contributed by atoms with Crippen LogP contribution < -0.4 is 15.0 Å². The predicted octanol–water partition coefficient (Wildman–Crippen LogP) is 4.16. The Labute approximate surface area is 181 Å². The fraction of sp³-hybridized carbons (Fsp3) is 0.250. The molecule has 0 aliphatic carbocycles. The van der Waals surface area contributed by atoms with Crippen molar-refractivity contribution < 1.29 is 13.9 Å². The summed E-state index contributed by atoms with van der Waals surface area (Å²) >= 11 is 0. The zero-order valence-corrected chi connectivity index (χ0v) is 17.4. The molecular weight excluding hydrogens is 395 g/mol. The number of nitrogens with zero attached hydrogens (tertiary/aromatic N) is 3. The van der Waals surface area contributed by atoms with Crippen LogP contribution in [0.15, 0.2) is 73.1 Å². The lowest BCUT2D eigenvalue weighted by atomic mass is 10.2. The summed E-state index contributed by atoms with van der Waals surface area (Å²) in [4.78, 5) is 21.1. The minimum Gasteiger partial charge on any atom is -0.457 e. The van der Waals surface area contributed by atoms with Crippen LogP contribution >= 0.6 is 0 Å². The van der Waals surface area contributed by atoms with Crippen LogP contribution in [0.1, 0.15) is 6.92 Å². The first-order chi connectivity index (χ1) is 15.1. The van der Waals surface area contributed by atoms with Gasteiger partial charge < -0.3 is 15.0 Å². The fourth-order valence-electron chi connectivity index (χ4n) is 3.58. The van der Waals surface area contributed by atoms with Crippen LogP contribution in [0.5, 0.6) is 11.5 Å². The second-order valence-corrected chi connectivity index (χ2v) is 7.47. The molecule has 1 aromatic heterocycles. The number of anilines is 2. The molecule has 2 aromatic carbocycles. The topological polar surface area (TPSA) is 57.7 Å². The number of rotatable bonds is 6. The highest BCUT2D eigenvalue weighted by Crippen LogP contribution is 2.23. The number of amides is 1. The average Bonchev–Trinajstić information content (AvgIpc) is 2.81. The van der Waals surface area contributed by atoms with E-state index in [1.807, 2.05) is 31.2 Å². The summed E-state index contributed by atoms with van der Waals surface area (Å²) in [5.41, 5.74) is 1.73. The number of halogens is 1. The SMILES string of the molecule is CC(C(=O)Nc1ccc(Oc2ccncc2)cc1)N1CCN(c2ccc(F)cc2)CC1. The van der Waals surface area contributed by atoms with Crippen LogP contribution in [0.3, 0.4) is 0 Å². The Kier molecular flexibility index (Phi) is 6.43. The normalized spacial score (nSPS) is 15.4. The van der Waals surface area contributed by atoms with Crippen molar-refractivity contribution in [2.45, 2.75) is 13.0 Å². The molecular formula is C24H25FN4O2. The number of hydrogen-bond donors (Lipinski definition) is 1. The number of pyridine rings is 1. The van der Waals surface area contributed by atoms with E-state index in [1.165, 1.54) is 12.1 Å². The maximum Gasteiger partial charge on any atom is 0.241 e. The molecule has 0 saturated carbocycles. The largest absolute Gasteiger partial charge is 0.457 e. The van der Waals surface area contributed by atoms with E-state index in [1.54, 1.807) is 36.7 Å². The van der Waals surface area contributed by atoms with Gasteiger partial charge in [-0.2, -0.15) is 0 Å². The molecule has 1 fully saturated rings. The summed E-state index contributed by atoms with van der Waals surface area (Å²) in [6, 6.07) is 17.2. The number of carbonyl (C=O) groups excluding carboxylic acids is 1. The van der Waals surface area contributed by atoms with E-state index in [0.717, 1.165) is 37.6 Å². The summed E-state index contributed by atoms with van der Waals surface area (Å²) in [7, 11) is 0. The zero-order chi connectivity index (χ0) is 21.6. The molecule has 6 nitrogen and oxygen atoms in total. The first-order valence-electron chi connectivity index (χ1n) is 10.3. The van der Waals surface area contributed by atoms with Crippen molar-refractivity contribution in [3.05, 3.63) is 78.9 Å². The second-order valence-electron chi connectivity index (χ2n) is 7.47. The third kappa shape index (κ3) is 5.38. The van der Waals surface area contributed by atoms with E-state index in [9.17, 15) is 9.18 Å². The Morgan fingerprint density at radius 2 is 1.55 bits per heavy atom. The number of ether oxygens (including phenoxy) is 1. The van der Waals surface area contributed by atoms with Crippen LogP contribution in [-0.2, 0) is 4.79 Å². The Balaban J connectivity index is 1.28. The highest BCUT2D eigenvalue weighted by molar-refractivity contribution is 5.94. The van der Waals surface area contributed by atoms with Gasteiger partial charge in [-0.25, -0.2) is 4.39 Å². The third-order valence-corrected chi connectivity index (χ3v) is 5.44. The van der Waals surface area contributed by atoms with Crippen LogP contribution in [0, 0.1) is 5.82 Å². The first-order valence-corrected chi connectivity index (χ1v) is 10.3. The summed E-state index contributed by atoms with van der Waals surface area (Å²) in [6.45, 7) is 5.05. The zero-order valence-electron chi connectivity index (χ0n) is 17.4. The van der Waals surface area contributed by atoms with Crippen molar-refractivity contribution in [2.24, 2.45) is 0 Å². The van der Waals surface area contributed by atoms with Gasteiger partial charge in [0, 0.05) is 49.9 Å². The molecule has 1 amide bonds. The number of aromatic nitrogens is 1. The lowest BCUT2D eigenvalue weighted by Crippen LogP contribution is -2.52. The van der Waals surface area contributed by atoms with E-state index >= 15 is 0 Å². The Morgan fingerprint density at radius 3 is 2.19 bits per heavy atom. The molecule has 7 heteroatoms. The smallest absolute Gasteiger partial charge is 0.241 e. The summed E-state index contributed by atoms with van der Waals surface area (Å²) in [5, 5.41) is 2.98. The van der Waals surface area contributed by atoms with Crippen molar-refractivity contribution in [1.82, 2.24) is 9.88 Å². The van der Waals surface area contributed by atoms with Gasteiger partial charge in [0.05, 0.1) is 6.04 Å². The van der Waals surface area contributed by atoms with Gasteiger partial charge in [0.1, 0.15) is 17.3 Å². The van der Waals surface area contributed by atoms with E-state index in [4.69, 9.17) is 4.74 Å². The average molecular weight is 420 g/mol. The Hall–Kier alpha value is -3.45. The number of nitrogens with one attached hydrogen (secondary N) is 1. The Bertz CT molecular complexity index is 988. The molecule has 3 aromatic rings. The minimum absolute atomic E-state index is 0.0435. The Morgan fingerprint density at radius 1 is 0.935 bits per heavy atom. The maximum absolute atomic E-state index is 13.1. The van der Waals surface area contributed by atoms with E-state index in [-0.39, 0.29) is 17.8 Å². The van der Waals surface area contributed by atoms with Gasteiger partial charge >= 0.3 is 0 Å². The quantitative estimate of drug-likeness (QED) is 0.649. The maximum atomic E-state index is 13.1. The van der Waals surface area contributed by atoms with Gasteiger partial charge in [0.2, 0.25) is 5.91 Å². The molecule has 2 heterocycles. The van der Waals surface area contributed by atoms with Gasteiger partial charge in [-0.1, -0.05) is 0 Å². The third-order valence-electron chi connectivity index (χ3n) is 5.44. The molecule has 1 saturated heterocycles. The van der Waals surface area contributed by atoms with E-state index in [2.05, 4.69) is 20.1 Å². The summed E-state index contributed by atoms with van der Waals surface area (Å²) in [6.07, 6.45) is 3.34. The van der Waals surface area contributed by atoms with Crippen molar-refractivity contribution in [2.75, 3.05) is 36.4 Å². The van der Waals surface area contributed by atoms with Crippen LogP contribution in [0.25, 0.3) is 0 Å². The molecule has 1 aliphatic heterocycles. The molecule has 160 valence electrons. The van der Waals surface area contributed by atoms with Crippen molar-refractivity contribution >= 4 is 17.3 Å². The van der Waals surface area contributed by atoms with Gasteiger partial charge in [-0.3, -0.25) is 14.7 Å². The highest BCUT2D eigenvalue weighted by Gasteiger charge is 2.25. The molecule has 0 spiro atoms. The van der Waals surface area contributed by atoms with Crippen LogP contribution in [0.2, 0.25) is 0 Å². The minimum atomic E-state index is -0.247. The lowest BCUT2D eigenvalue weighted by molar-refractivity contribution is -0.120. The monoisotopic (exact) mass is 420 g/mol. The van der Waals surface area contributed by atoms with Crippen LogP contribution in [0.4, 0.5) is 15.8 Å². The predicted molar refractivity (Wildman–Crippen MR) is 119 cm³/mol. The van der Waals surface area contributed by atoms with E-state index in [0.29, 0.717) is 11.5 Å². The van der Waals surface area contributed by atoms with Gasteiger partial charge in [0.15, 0.2) is 0 Å². The second kappa shape index (κ2) is 9.57. The van der Waals surface area contributed by atoms with Gasteiger partial charge in [-0.15, -0.1) is 0 Å². The number of hydrogen-bond acceptors (Lipinski definition) is 5. The molecule has 1 aliphatic rings. The van der Waals surface area contributed by atoms with Crippen molar-refractivity contribution in [3.63, 3.8) is 0 Å². The highest BCUT2D eigenvalue weighted by atomic mass is 19.1. The van der Waals surface area contributed by atoms with Gasteiger partial charge in [0.25, 0.3) is 0 Å². The standard InChI is InChI=1S/C24H25FN4O2/c1-18(28-14-16-29(17-15-28)21-6-2-19(25)3-7-21)24(30)27-20-4-8-22(9-5-20)31-23-10-12-26-13-11-23/h2-13,18H,14-17H2,1H3,(H,27,30). The summed E-state index contributed by atoms with van der Waals surface area (Å²) < 4.78 is 18.9. The number of piperazine rings is 1. The molecule has 31 heavy (non-hydrogen) atoms. The molecule has 1 N–H and O–H groups in total. The van der Waals surface area contributed by atoms with Crippen molar-refractivity contribution in [1.29, 1.82) is 0 Å². The lowest BCUT2D eigenvalue weighted by Gasteiger charge is -2.38. The molecule has 4 rings (SSSR count). The van der Waals surface area contributed by atoms with Crippen molar-refractivity contribution in [3.8, 4) is 11.5 Å². The molecule has 0 bridgehead atoms. The first kappa shape index (κ1) is 20.8. The van der Waals surface area contributed by atoms with Crippen LogP contribution in [-0.4, -0.2) is 48.0 Å². The van der Waals surface area contributed by atoms with E-state index < -0.39 is 0 Å². The fourth-order valence-corrected chi connectivity index (χ4v) is 3.58.